The zero-order valence-corrected chi connectivity index (χ0v) is 8.27. The van der Waals surface area contributed by atoms with Crippen molar-refractivity contribution in [1.82, 2.24) is 15.2 Å². The number of carbonyl (C=O) groups excluding carboxylic acids is 1. The van der Waals surface area contributed by atoms with Crippen molar-refractivity contribution in [2.45, 2.75) is 6.92 Å². The van der Waals surface area contributed by atoms with Crippen LogP contribution in [0.1, 0.15) is 5.69 Å². The Kier molecular flexibility index (Phi) is 3.91. The van der Waals surface area contributed by atoms with Crippen LogP contribution in [0.15, 0.2) is 10.9 Å². The maximum absolute atomic E-state index is 11.1. The number of amides is 2. The molecule has 1 aromatic heterocycles. The number of anilines is 1. The van der Waals surface area contributed by atoms with E-state index in [1.54, 1.807) is 6.92 Å². The van der Waals surface area contributed by atoms with Gasteiger partial charge in [-0.3, -0.25) is 15.1 Å². The highest BCUT2D eigenvalue weighted by atomic mass is 16.4. The molecular weight excluding hydrogens is 213 g/mol. The molecule has 3 N–H and O–H groups in total. The predicted octanol–water partition coefficient (Wildman–Crippen LogP) is -0.768. The van der Waals surface area contributed by atoms with Gasteiger partial charge >= 0.3 is 13.6 Å². The number of nitriles is 1. The van der Waals surface area contributed by atoms with Gasteiger partial charge in [-0.1, -0.05) is 0 Å². The second-order valence-electron chi connectivity index (χ2n) is 2.66. The van der Waals surface area contributed by atoms with Gasteiger partial charge in [0, 0.05) is 11.8 Å². The fraction of sp³-hybridized carbons (Fsp3) is 0.143. The lowest BCUT2D eigenvalue weighted by Crippen LogP contribution is -2.34. The molecule has 0 fully saturated rings. The molecule has 0 atom stereocenters. The van der Waals surface area contributed by atoms with Crippen molar-refractivity contribution in [2.24, 2.45) is 0 Å². The summed E-state index contributed by atoms with van der Waals surface area (Å²) in [6.45, 7) is 1.61. The van der Waals surface area contributed by atoms with E-state index in [0.29, 0.717) is 5.69 Å². The maximum atomic E-state index is 11.1. The first kappa shape index (κ1) is 11.6. The van der Waals surface area contributed by atoms with Gasteiger partial charge in [-0.2, -0.15) is 5.26 Å². The molecule has 0 bridgehead atoms. The van der Waals surface area contributed by atoms with Gasteiger partial charge in [0.05, 0.1) is 0 Å². The zero-order valence-electron chi connectivity index (χ0n) is 8.27. The van der Waals surface area contributed by atoms with Crippen LogP contribution >= 0.6 is 0 Å². The quantitative estimate of drug-likeness (QED) is 0.351. The molecule has 0 aliphatic carbocycles. The molecule has 9 heteroatoms. The van der Waals surface area contributed by atoms with Crippen molar-refractivity contribution in [3.05, 3.63) is 22.1 Å². The Hall–Kier alpha value is -2.50. The first-order chi connectivity index (χ1) is 7.61. The minimum Gasteiger partial charge on any atom is -0.474 e. The number of nitrogens with zero attached hydrogens (tertiary/aromatic N) is 2. The molecule has 8 nitrogen and oxygen atoms in total. The fourth-order valence-electron chi connectivity index (χ4n) is 0.891. The van der Waals surface area contributed by atoms with Gasteiger partial charge in [0.25, 0.3) is 11.8 Å². The van der Waals surface area contributed by atoms with Crippen LogP contribution in [-0.2, 0) is 4.65 Å². The monoisotopic (exact) mass is 220 g/mol. The summed E-state index contributed by atoms with van der Waals surface area (Å²) >= 11 is 0. The van der Waals surface area contributed by atoms with Gasteiger partial charge in [-0.05, 0) is 6.92 Å². The summed E-state index contributed by atoms with van der Waals surface area (Å²) in [4.78, 5) is 28.3. The third kappa shape index (κ3) is 3.71. The minimum absolute atomic E-state index is 0.00728. The summed E-state index contributed by atoms with van der Waals surface area (Å²) in [5.74, 6) is 0.00728. The van der Waals surface area contributed by atoms with Crippen molar-refractivity contribution in [3.63, 3.8) is 0 Å². The van der Waals surface area contributed by atoms with Gasteiger partial charge in [0.1, 0.15) is 0 Å². The van der Waals surface area contributed by atoms with Crippen molar-refractivity contribution >= 4 is 19.6 Å². The van der Waals surface area contributed by atoms with Crippen LogP contribution in [0, 0.1) is 18.4 Å². The standard InChI is InChI=1S/C7H7BN5O3/c1-4-2-5(14)11-6(10-4)12-7(15)13-8-16-3-9/h2H,1H3,(H3,10,11,12,13,14,15). The summed E-state index contributed by atoms with van der Waals surface area (Å²) < 4.78 is 4.11. The van der Waals surface area contributed by atoms with Gasteiger partial charge < -0.3 is 9.88 Å². The number of aromatic amines is 1. The van der Waals surface area contributed by atoms with E-state index in [2.05, 4.69) is 25.2 Å². The van der Waals surface area contributed by atoms with Crippen molar-refractivity contribution in [1.29, 1.82) is 5.26 Å². The maximum Gasteiger partial charge on any atom is 0.533 e. The number of aromatic nitrogens is 2. The normalized spacial score (nSPS) is 8.75. The fourth-order valence-corrected chi connectivity index (χ4v) is 0.891. The molecule has 0 aromatic carbocycles. The van der Waals surface area contributed by atoms with Crippen LogP contribution in [0.4, 0.5) is 10.7 Å². The Morgan fingerprint density at radius 3 is 3.12 bits per heavy atom. The van der Waals surface area contributed by atoms with E-state index < -0.39 is 6.03 Å². The number of hydrogen-bond acceptors (Lipinski definition) is 5. The number of H-pyrrole nitrogens is 1. The molecule has 2 amide bonds. The molecule has 16 heavy (non-hydrogen) atoms. The summed E-state index contributed by atoms with van der Waals surface area (Å²) in [5.41, 5.74) is 0.0939. The first-order valence-electron chi connectivity index (χ1n) is 4.13. The smallest absolute Gasteiger partial charge is 0.474 e. The van der Waals surface area contributed by atoms with Gasteiger partial charge in [-0.15, -0.1) is 0 Å². The van der Waals surface area contributed by atoms with Crippen molar-refractivity contribution in [2.75, 3.05) is 5.32 Å². The molecule has 1 radical (unpaired) electrons. The number of aryl methyl sites for hydroxylation is 1. The molecule has 81 valence electrons. The lowest BCUT2D eigenvalue weighted by molar-refractivity contribution is 0.255. The average Bonchev–Trinajstić information content (AvgIpc) is 2.16. The van der Waals surface area contributed by atoms with E-state index in [-0.39, 0.29) is 11.5 Å². The van der Waals surface area contributed by atoms with Gasteiger partial charge in [0.2, 0.25) is 5.95 Å². The van der Waals surface area contributed by atoms with Crippen LogP contribution in [0.3, 0.4) is 0 Å². The van der Waals surface area contributed by atoms with Crippen LogP contribution < -0.4 is 16.1 Å². The highest BCUT2D eigenvalue weighted by Gasteiger charge is 2.05. The molecule has 0 saturated heterocycles. The van der Waals surface area contributed by atoms with E-state index in [0.717, 1.165) is 7.62 Å². The van der Waals surface area contributed by atoms with E-state index in [4.69, 9.17) is 5.26 Å². The Bertz CT molecular complexity index is 480. The highest BCUT2D eigenvalue weighted by molar-refractivity contribution is 6.30. The number of hydrogen-bond donors (Lipinski definition) is 3. The number of urea groups is 1. The van der Waals surface area contributed by atoms with Crippen molar-refractivity contribution in [3.8, 4) is 6.26 Å². The first-order valence-corrected chi connectivity index (χ1v) is 4.13. The number of rotatable bonds is 3. The molecule has 1 heterocycles. The van der Waals surface area contributed by atoms with E-state index >= 15 is 0 Å². The van der Waals surface area contributed by atoms with Crippen LogP contribution in [-0.4, -0.2) is 23.6 Å². The third-order valence-corrected chi connectivity index (χ3v) is 1.40. The average molecular weight is 220 g/mol. The Morgan fingerprint density at radius 2 is 2.50 bits per heavy atom. The second-order valence-corrected chi connectivity index (χ2v) is 2.66. The van der Waals surface area contributed by atoms with E-state index in [1.807, 2.05) is 0 Å². The molecular formula is C7H7BN5O3. The van der Waals surface area contributed by atoms with Crippen LogP contribution in [0.5, 0.6) is 0 Å². The molecule has 0 spiro atoms. The lowest BCUT2D eigenvalue weighted by atomic mass is 10.3. The van der Waals surface area contributed by atoms with Crippen LogP contribution in [0.25, 0.3) is 0 Å². The minimum atomic E-state index is -0.691. The SMILES string of the molecule is Cc1cc(=O)[nH]c(NC(=O)N[B]OC#N)n1. The largest absolute Gasteiger partial charge is 0.533 e. The molecule has 0 saturated carbocycles. The van der Waals surface area contributed by atoms with E-state index in [9.17, 15) is 9.59 Å². The molecule has 0 unspecified atom stereocenters. The molecule has 0 aliphatic rings. The van der Waals surface area contributed by atoms with Crippen LogP contribution in [0.2, 0.25) is 0 Å². The van der Waals surface area contributed by atoms with Gasteiger partial charge in [0.15, 0.2) is 0 Å². The molecule has 1 aromatic rings. The number of nitrogens with one attached hydrogen (secondary N) is 3. The summed E-state index contributed by atoms with van der Waals surface area (Å²) in [6, 6.07) is 0.595. The Labute approximate surface area is 90.9 Å². The second kappa shape index (κ2) is 5.40. The topological polar surface area (TPSA) is 120 Å². The van der Waals surface area contributed by atoms with Gasteiger partial charge in [-0.25, -0.2) is 9.78 Å². The Balaban J connectivity index is 2.56. The highest BCUT2D eigenvalue weighted by Crippen LogP contribution is 1.94. The Morgan fingerprint density at radius 1 is 1.75 bits per heavy atom. The zero-order chi connectivity index (χ0) is 12.0. The van der Waals surface area contributed by atoms with Crippen molar-refractivity contribution < 1.29 is 9.45 Å². The lowest BCUT2D eigenvalue weighted by Gasteiger charge is -2.04. The summed E-state index contributed by atoms with van der Waals surface area (Å²) in [5, 5.41) is 12.3. The summed E-state index contributed by atoms with van der Waals surface area (Å²) in [7, 11) is 0.795. The third-order valence-electron chi connectivity index (χ3n) is 1.40. The predicted molar refractivity (Wildman–Crippen MR) is 54.2 cm³/mol. The molecule has 0 aliphatic heterocycles. The number of carbonyl (C=O) groups is 1. The summed E-state index contributed by atoms with van der Waals surface area (Å²) in [6.07, 6.45) is 1.33. The van der Waals surface area contributed by atoms with E-state index in [1.165, 1.54) is 12.3 Å². The molecule has 1 rings (SSSR count).